The number of aromatic nitrogens is 2. The number of methoxy groups -OCH3 is 1. The number of nitrogens with one attached hydrogen (secondary N) is 2. The van der Waals surface area contributed by atoms with Crippen LogP contribution >= 0.6 is 0 Å². The number of ether oxygens (including phenoxy) is 1. The number of aromatic amines is 1. The van der Waals surface area contributed by atoms with E-state index in [1.54, 1.807) is 43.5 Å². The predicted octanol–water partition coefficient (Wildman–Crippen LogP) is 8.05. The van der Waals surface area contributed by atoms with Gasteiger partial charge in [0.05, 0.1) is 18.2 Å². The molecular weight excluding hydrogens is 541 g/mol. The summed E-state index contributed by atoms with van der Waals surface area (Å²) in [6, 6.07) is 27.4. The minimum atomic E-state index is -4.46. The van der Waals surface area contributed by atoms with Crippen LogP contribution in [0.5, 0.6) is 5.75 Å². The number of fused-ring (bicyclic) bond motifs is 2. The van der Waals surface area contributed by atoms with E-state index in [1.165, 1.54) is 12.3 Å². The van der Waals surface area contributed by atoms with Crippen molar-refractivity contribution in [1.29, 1.82) is 5.26 Å². The van der Waals surface area contributed by atoms with Gasteiger partial charge in [0.15, 0.2) is 0 Å². The van der Waals surface area contributed by atoms with Crippen molar-refractivity contribution >= 4 is 33.1 Å². The monoisotopic (exact) mass is 562 g/mol. The third-order valence-corrected chi connectivity index (χ3v) is 7.08. The number of rotatable bonds is 5. The predicted molar refractivity (Wildman–Crippen MR) is 157 cm³/mol. The van der Waals surface area contributed by atoms with Gasteiger partial charge in [-0.2, -0.15) is 18.4 Å². The summed E-state index contributed by atoms with van der Waals surface area (Å²) >= 11 is 0. The van der Waals surface area contributed by atoms with Gasteiger partial charge in [-0.05, 0) is 59.0 Å². The zero-order chi connectivity index (χ0) is 29.4. The van der Waals surface area contributed by atoms with Crippen molar-refractivity contribution in [3.8, 4) is 34.2 Å². The maximum atomic E-state index is 13.1. The van der Waals surface area contributed by atoms with Gasteiger partial charge in [-0.3, -0.25) is 9.78 Å². The molecule has 2 aromatic heterocycles. The number of hydrogen-bond donors (Lipinski definition) is 2. The van der Waals surface area contributed by atoms with Crippen LogP contribution in [0.3, 0.4) is 0 Å². The maximum absolute atomic E-state index is 13.1. The largest absolute Gasteiger partial charge is 0.496 e. The Labute approximate surface area is 237 Å². The molecule has 0 saturated carbocycles. The first kappa shape index (κ1) is 26.6. The summed E-state index contributed by atoms with van der Waals surface area (Å²) in [5.41, 5.74) is 2.70. The minimum absolute atomic E-state index is 0.00519. The Morgan fingerprint density at radius 3 is 2.36 bits per heavy atom. The molecule has 0 saturated heterocycles. The molecule has 2 heterocycles. The summed E-state index contributed by atoms with van der Waals surface area (Å²) in [6.45, 7) is 0. The number of alkyl halides is 3. The average molecular weight is 563 g/mol. The van der Waals surface area contributed by atoms with E-state index < -0.39 is 17.3 Å². The SMILES string of the molecule is COc1ccc(-c2cc(-c3ccc(Nc4ccnc5cc(C(F)(F)F)ccc45)cc3)[nH]c(=O)c2C#N)c2ccccc12. The smallest absolute Gasteiger partial charge is 0.416 e. The molecule has 42 heavy (non-hydrogen) atoms. The molecule has 0 aliphatic heterocycles. The Hall–Kier alpha value is -5.62. The molecule has 0 aliphatic carbocycles. The lowest BCUT2D eigenvalue weighted by Crippen LogP contribution is -2.12. The maximum Gasteiger partial charge on any atom is 0.416 e. The van der Waals surface area contributed by atoms with Crippen molar-refractivity contribution in [2.24, 2.45) is 0 Å². The first-order valence-corrected chi connectivity index (χ1v) is 12.8. The van der Waals surface area contributed by atoms with E-state index in [9.17, 15) is 23.2 Å². The van der Waals surface area contributed by atoms with Gasteiger partial charge in [-0.25, -0.2) is 0 Å². The van der Waals surface area contributed by atoms with Crippen LogP contribution in [0, 0.1) is 11.3 Å². The summed E-state index contributed by atoms with van der Waals surface area (Å²) in [5, 5.41) is 15.3. The second-order valence-electron chi connectivity index (χ2n) is 9.56. The van der Waals surface area contributed by atoms with Crippen molar-refractivity contribution < 1.29 is 17.9 Å². The molecule has 0 radical (unpaired) electrons. The minimum Gasteiger partial charge on any atom is -0.496 e. The quantitative estimate of drug-likeness (QED) is 0.222. The molecule has 0 spiro atoms. The van der Waals surface area contributed by atoms with Gasteiger partial charge in [0.25, 0.3) is 5.56 Å². The normalized spacial score (nSPS) is 11.4. The fourth-order valence-corrected chi connectivity index (χ4v) is 5.04. The fraction of sp³-hybridized carbons (Fsp3) is 0.0606. The highest BCUT2D eigenvalue weighted by atomic mass is 19.4. The van der Waals surface area contributed by atoms with Crippen molar-refractivity contribution in [2.75, 3.05) is 12.4 Å². The van der Waals surface area contributed by atoms with Crippen LogP contribution in [-0.4, -0.2) is 17.1 Å². The van der Waals surface area contributed by atoms with Gasteiger partial charge < -0.3 is 15.0 Å². The molecular formula is C33H21F3N4O2. The molecule has 6 nitrogen and oxygen atoms in total. The molecule has 9 heteroatoms. The van der Waals surface area contributed by atoms with Gasteiger partial charge in [-0.1, -0.05) is 48.5 Å². The Bertz CT molecular complexity index is 2080. The molecule has 4 aromatic carbocycles. The number of pyridine rings is 2. The van der Waals surface area contributed by atoms with Gasteiger partial charge >= 0.3 is 6.18 Å². The lowest BCUT2D eigenvalue weighted by atomic mass is 9.94. The number of H-pyrrole nitrogens is 1. The Kier molecular flexibility index (Phi) is 6.59. The summed E-state index contributed by atoms with van der Waals surface area (Å²) in [4.78, 5) is 19.9. The lowest BCUT2D eigenvalue weighted by molar-refractivity contribution is -0.137. The Morgan fingerprint density at radius 2 is 1.64 bits per heavy atom. The number of hydrogen-bond acceptors (Lipinski definition) is 5. The number of nitriles is 1. The van der Waals surface area contributed by atoms with Crippen LogP contribution in [0.1, 0.15) is 11.1 Å². The van der Waals surface area contributed by atoms with Gasteiger partial charge in [-0.15, -0.1) is 0 Å². The van der Waals surface area contributed by atoms with Crippen molar-refractivity contribution in [3.05, 3.63) is 119 Å². The molecule has 0 atom stereocenters. The van der Waals surface area contributed by atoms with E-state index in [2.05, 4.69) is 15.3 Å². The standard InChI is InChI=1S/C33H21F3N4O2/c1-42-31-13-12-23(22-4-2-3-5-24(22)31)26-17-29(40-32(41)27(26)18-37)19-6-9-21(10-7-19)39-28-14-15-38-30-16-20(33(34,35)36)8-11-25(28)30/h2-17H,1H3,(H,38,39)(H,40,41). The van der Waals surface area contributed by atoms with Crippen molar-refractivity contribution in [1.82, 2.24) is 9.97 Å². The van der Waals surface area contributed by atoms with Crippen LogP contribution in [0.4, 0.5) is 24.5 Å². The molecule has 0 fully saturated rings. The second-order valence-corrected chi connectivity index (χ2v) is 9.56. The molecule has 6 aromatic rings. The Balaban J connectivity index is 1.37. The molecule has 0 aliphatic rings. The van der Waals surface area contributed by atoms with Crippen molar-refractivity contribution in [3.63, 3.8) is 0 Å². The molecule has 0 bridgehead atoms. The lowest BCUT2D eigenvalue weighted by Gasteiger charge is -2.14. The van der Waals surface area contributed by atoms with E-state index >= 15 is 0 Å². The molecule has 0 unspecified atom stereocenters. The van der Waals surface area contributed by atoms with Crippen LogP contribution in [0.15, 0.2) is 102 Å². The third kappa shape index (κ3) is 4.80. The molecule has 206 valence electrons. The van der Waals surface area contributed by atoms with Crippen LogP contribution in [-0.2, 0) is 6.18 Å². The third-order valence-electron chi connectivity index (χ3n) is 7.08. The summed E-state index contributed by atoms with van der Waals surface area (Å²) < 4.78 is 44.9. The number of nitrogens with zero attached hydrogens (tertiary/aromatic N) is 2. The average Bonchev–Trinajstić information content (AvgIpc) is 3.00. The first-order chi connectivity index (χ1) is 20.3. The number of halogens is 3. The second kappa shape index (κ2) is 10.4. The highest BCUT2D eigenvalue weighted by molar-refractivity contribution is 6.01. The van der Waals surface area contributed by atoms with E-state index in [-0.39, 0.29) is 11.1 Å². The fourth-order valence-electron chi connectivity index (χ4n) is 5.04. The van der Waals surface area contributed by atoms with E-state index in [0.717, 1.165) is 28.5 Å². The van der Waals surface area contributed by atoms with Crippen LogP contribution < -0.4 is 15.6 Å². The molecule has 6 rings (SSSR count). The van der Waals surface area contributed by atoms with E-state index in [0.29, 0.717) is 39.3 Å². The van der Waals surface area contributed by atoms with E-state index in [4.69, 9.17) is 4.74 Å². The highest BCUT2D eigenvalue weighted by Crippen LogP contribution is 2.37. The van der Waals surface area contributed by atoms with Crippen LogP contribution in [0.2, 0.25) is 0 Å². The van der Waals surface area contributed by atoms with Crippen molar-refractivity contribution in [2.45, 2.75) is 6.18 Å². The summed E-state index contributed by atoms with van der Waals surface area (Å²) in [5.74, 6) is 0.684. The Morgan fingerprint density at radius 1 is 0.881 bits per heavy atom. The summed E-state index contributed by atoms with van der Waals surface area (Å²) in [7, 11) is 1.59. The number of anilines is 2. The summed E-state index contributed by atoms with van der Waals surface area (Å²) in [6.07, 6.45) is -3.01. The van der Waals surface area contributed by atoms with E-state index in [1.807, 2.05) is 42.5 Å². The zero-order valence-electron chi connectivity index (χ0n) is 22.1. The number of benzene rings is 4. The highest BCUT2D eigenvalue weighted by Gasteiger charge is 2.30. The molecule has 2 N–H and O–H groups in total. The molecule has 0 amide bonds. The zero-order valence-corrected chi connectivity index (χ0v) is 22.1. The van der Waals surface area contributed by atoms with Gasteiger partial charge in [0, 0.05) is 39.6 Å². The first-order valence-electron chi connectivity index (χ1n) is 12.8. The van der Waals surface area contributed by atoms with Gasteiger partial charge in [0.1, 0.15) is 17.4 Å². The topological polar surface area (TPSA) is 90.8 Å². The van der Waals surface area contributed by atoms with Gasteiger partial charge in [0.2, 0.25) is 0 Å². The van der Waals surface area contributed by atoms with Crippen LogP contribution in [0.25, 0.3) is 44.1 Å².